The standard InChI is InChI=1S/C21H22N2O3/c1-15-7-9-18(22)21(13-15)25-12-11-24-20-10-8-17(14-19(20)23)26-16-5-3-2-4-6-16/h2-10,13-14H,11-12,22-23H2,1H3. The average Bonchev–Trinajstić information content (AvgIpc) is 2.64. The molecule has 0 saturated heterocycles. The molecule has 0 atom stereocenters. The Morgan fingerprint density at radius 2 is 1.42 bits per heavy atom. The second-order valence-electron chi connectivity index (χ2n) is 5.85. The fraction of sp³-hybridized carbons (Fsp3) is 0.143. The molecule has 0 heterocycles. The maximum absolute atomic E-state index is 6.05. The van der Waals surface area contributed by atoms with Gasteiger partial charge in [0.25, 0.3) is 0 Å². The average molecular weight is 350 g/mol. The van der Waals surface area contributed by atoms with Gasteiger partial charge >= 0.3 is 0 Å². The summed E-state index contributed by atoms with van der Waals surface area (Å²) in [6, 6.07) is 20.5. The summed E-state index contributed by atoms with van der Waals surface area (Å²) in [7, 11) is 0. The molecule has 0 bridgehead atoms. The van der Waals surface area contributed by atoms with Crippen LogP contribution in [-0.2, 0) is 0 Å². The van der Waals surface area contributed by atoms with Crippen LogP contribution in [0.1, 0.15) is 5.56 Å². The molecule has 3 aromatic carbocycles. The molecular weight excluding hydrogens is 328 g/mol. The van der Waals surface area contributed by atoms with Gasteiger partial charge in [-0.1, -0.05) is 24.3 Å². The largest absolute Gasteiger partial charge is 0.488 e. The van der Waals surface area contributed by atoms with E-state index in [1.165, 1.54) is 0 Å². The first-order chi connectivity index (χ1) is 12.6. The van der Waals surface area contributed by atoms with Crippen molar-refractivity contribution < 1.29 is 14.2 Å². The number of hydrogen-bond donors (Lipinski definition) is 2. The van der Waals surface area contributed by atoms with Crippen LogP contribution >= 0.6 is 0 Å². The third-order valence-corrected chi connectivity index (χ3v) is 3.73. The maximum atomic E-state index is 6.05. The zero-order valence-corrected chi connectivity index (χ0v) is 14.6. The first-order valence-electron chi connectivity index (χ1n) is 8.36. The lowest BCUT2D eigenvalue weighted by Gasteiger charge is -2.13. The normalized spacial score (nSPS) is 10.3. The summed E-state index contributed by atoms with van der Waals surface area (Å²) in [5.41, 5.74) is 14.1. The molecule has 0 amide bonds. The van der Waals surface area contributed by atoms with E-state index in [1.807, 2.05) is 61.5 Å². The van der Waals surface area contributed by atoms with Crippen LogP contribution in [-0.4, -0.2) is 13.2 Å². The van der Waals surface area contributed by atoms with Crippen molar-refractivity contribution in [3.8, 4) is 23.0 Å². The minimum Gasteiger partial charge on any atom is -0.488 e. The molecule has 134 valence electrons. The van der Waals surface area contributed by atoms with E-state index in [9.17, 15) is 0 Å². The van der Waals surface area contributed by atoms with Gasteiger partial charge in [0.2, 0.25) is 0 Å². The summed E-state index contributed by atoms with van der Waals surface area (Å²) in [6.45, 7) is 2.72. The van der Waals surface area contributed by atoms with Crippen molar-refractivity contribution in [1.82, 2.24) is 0 Å². The number of aryl methyl sites for hydroxylation is 1. The zero-order chi connectivity index (χ0) is 18.4. The molecule has 3 aromatic rings. The van der Waals surface area contributed by atoms with Crippen LogP contribution in [0, 0.1) is 6.92 Å². The molecule has 0 radical (unpaired) electrons. The second kappa shape index (κ2) is 8.16. The third kappa shape index (κ3) is 4.60. The Balaban J connectivity index is 1.53. The SMILES string of the molecule is Cc1ccc(N)c(OCCOc2ccc(Oc3ccccc3)cc2N)c1. The van der Waals surface area contributed by atoms with Gasteiger partial charge in [-0.3, -0.25) is 0 Å². The van der Waals surface area contributed by atoms with Gasteiger partial charge < -0.3 is 25.7 Å². The highest BCUT2D eigenvalue weighted by molar-refractivity contribution is 5.57. The summed E-state index contributed by atoms with van der Waals surface area (Å²) >= 11 is 0. The van der Waals surface area contributed by atoms with Crippen molar-refractivity contribution in [3.05, 3.63) is 72.3 Å². The molecule has 5 heteroatoms. The second-order valence-corrected chi connectivity index (χ2v) is 5.85. The van der Waals surface area contributed by atoms with Crippen LogP contribution in [0.2, 0.25) is 0 Å². The van der Waals surface area contributed by atoms with Crippen LogP contribution in [0.4, 0.5) is 11.4 Å². The zero-order valence-electron chi connectivity index (χ0n) is 14.6. The van der Waals surface area contributed by atoms with Crippen LogP contribution in [0.5, 0.6) is 23.0 Å². The van der Waals surface area contributed by atoms with Gasteiger partial charge in [-0.25, -0.2) is 0 Å². The summed E-state index contributed by atoms with van der Waals surface area (Å²) in [4.78, 5) is 0. The molecule has 0 aromatic heterocycles. The predicted molar refractivity (Wildman–Crippen MR) is 104 cm³/mol. The Hall–Kier alpha value is -3.34. The molecule has 0 fully saturated rings. The van der Waals surface area contributed by atoms with Gasteiger partial charge in [0.15, 0.2) is 0 Å². The highest BCUT2D eigenvalue weighted by atomic mass is 16.5. The Labute approximate surface area is 153 Å². The number of para-hydroxylation sites is 1. The van der Waals surface area contributed by atoms with Crippen molar-refractivity contribution in [2.75, 3.05) is 24.7 Å². The van der Waals surface area contributed by atoms with E-state index in [-0.39, 0.29) is 0 Å². The smallest absolute Gasteiger partial charge is 0.142 e. The predicted octanol–water partition coefficient (Wildman–Crippen LogP) is 4.41. The number of ether oxygens (including phenoxy) is 3. The molecule has 0 unspecified atom stereocenters. The first-order valence-corrected chi connectivity index (χ1v) is 8.36. The highest BCUT2D eigenvalue weighted by Crippen LogP contribution is 2.29. The monoisotopic (exact) mass is 350 g/mol. The van der Waals surface area contributed by atoms with Crippen molar-refractivity contribution in [3.63, 3.8) is 0 Å². The van der Waals surface area contributed by atoms with Gasteiger partial charge in [0, 0.05) is 6.07 Å². The van der Waals surface area contributed by atoms with E-state index >= 15 is 0 Å². The van der Waals surface area contributed by atoms with E-state index in [4.69, 9.17) is 25.7 Å². The summed E-state index contributed by atoms with van der Waals surface area (Å²) in [5, 5.41) is 0. The molecule has 4 N–H and O–H groups in total. The molecule has 5 nitrogen and oxygen atoms in total. The van der Waals surface area contributed by atoms with Gasteiger partial charge in [0.1, 0.15) is 36.2 Å². The first kappa shape index (κ1) is 17.5. The lowest BCUT2D eigenvalue weighted by molar-refractivity contribution is 0.218. The quantitative estimate of drug-likeness (QED) is 0.487. The Kier molecular flexibility index (Phi) is 5.49. The van der Waals surface area contributed by atoms with Crippen molar-refractivity contribution in [1.29, 1.82) is 0 Å². The molecule has 3 rings (SSSR count). The number of rotatable bonds is 7. The molecular formula is C21H22N2O3. The third-order valence-electron chi connectivity index (χ3n) is 3.73. The topological polar surface area (TPSA) is 79.7 Å². The van der Waals surface area contributed by atoms with Crippen molar-refractivity contribution in [2.45, 2.75) is 6.92 Å². The van der Waals surface area contributed by atoms with Crippen molar-refractivity contribution in [2.24, 2.45) is 0 Å². The molecule has 0 saturated carbocycles. The molecule has 0 aliphatic carbocycles. The number of nitrogens with two attached hydrogens (primary N) is 2. The Bertz CT molecular complexity index is 866. The van der Waals surface area contributed by atoms with Gasteiger partial charge in [-0.15, -0.1) is 0 Å². The van der Waals surface area contributed by atoms with E-state index in [2.05, 4.69) is 0 Å². The molecule has 0 aliphatic heterocycles. The molecule has 26 heavy (non-hydrogen) atoms. The minimum atomic E-state index is 0.358. The number of nitrogen functional groups attached to an aromatic ring is 2. The summed E-state index contributed by atoms with van der Waals surface area (Å²) < 4.78 is 17.1. The van der Waals surface area contributed by atoms with Crippen LogP contribution in [0.25, 0.3) is 0 Å². The molecule has 0 aliphatic rings. The Morgan fingerprint density at radius 1 is 0.692 bits per heavy atom. The lowest BCUT2D eigenvalue weighted by atomic mass is 10.2. The van der Waals surface area contributed by atoms with E-state index in [0.717, 1.165) is 11.3 Å². The van der Waals surface area contributed by atoms with E-state index < -0.39 is 0 Å². The van der Waals surface area contributed by atoms with Crippen molar-refractivity contribution >= 4 is 11.4 Å². The number of benzene rings is 3. The van der Waals surface area contributed by atoms with Gasteiger partial charge in [0.05, 0.1) is 11.4 Å². The van der Waals surface area contributed by atoms with Crippen LogP contribution in [0.15, 0.2) is 66.7 Å². The molecule has 0 spiro atoms. The van der Waals surface area contributed by atoms with E-state index in [0.29, 0.717) is 41.8 Å². The van der Waals surface area contributed by atoms with Crippen LogP contribution < -0.4 is 25.7 Å². The Morgan fingerprint density at radius 3 is 2.15 bits per heavy atom. The highest BCUT2D eigenvalue weighted by Gasteiger charge is 2.05. The summed E-state index contributed by atoms with van der Waals surface area (Å²) in [6.07, 6.45) is 0. The van der Waals surface area contributed by atoms with Gasteiger partial charge in [-0.05, 0) is 48.9 Å². The van der Waals surface area contributed by atoms with E-state index in [1.54, 1.807) is 12.1 Å². The van der Waals surface area contributed by atoms with Crippen LogP contribution in [0.3, 0.4) is 0 Å². The maximum Gasteiger partial charge on any atom is 0.142 e. The summed E-state index contributed by atoms with van der Waals surface area (Å²) in [5.74, 6) is 2.66. The fourth-order valence-electron chi connectivity index (χ4n) is 2.42. The number of hydrogen-bond acceptors (Lipinski definition) is 5. The number of anilines is 2. The lowest BCUT2D eigenvalue weighted by Crippen LogP contribution is -2.11. The minimum absolute atomic E-state index is 0.358. The fourth-order valence-corrected chi connectivity index (χ4v) is 2.42. The van der Waals surface area contributed by atoms with Gasteiger partial charge in [-0.2, -0.15) is 0 Å².